The first-order chi connectivity index (χ1) is 19.7. The van der Waals surface area contributed by atoms with Crippen LogP contribution in [-0.2, 0) is 17.1 Å². The summed E-state index contributed by atoms with van der Waals surface area (Å²) in [5.41, 5.74) is 2.04. The number of rotatable bonds is 9. The number of aryl methyl sites for hydroxylation is 2. The topological polar surface area (TPSA) is 160 Å². The van der Waals surface area contributed by atoms with Gasteiger partial charge in [0.15, 0.2) is 17.2 Å². The number of nitrogens with zero attached hydrogens (tertiary/aromatic N) is 6. The minimum atomic E-state index is -3.73. The standard InChI is InChI=1S/C26H31FN10O3S/c1-15-14-36(2)26(30-15)41(39,40)35-18-7-5-17(6-8-18)32-23-11-21(31-16-3-4-16)24-29-13-22(37(24)34-23)25(38)33-20-9-10-28-12-19(20)27/h9-14,16-18,31,35H,3-8H2,1-2H3,(H,32,34)(H,28,33,38). The summed E-state index contributed by atoms with van der Waals surface area (Å²) < 4.78 is 45.6. The van der Waals surface area contributed by atoms with Crippen LogP contribution in [0.15, 0.2) is 42.1 Å². The van der Waals surface area contributed by atoms with Gasteiger partial charge in [-0.15, -0.1) is 5.10 Å². The quantitative estimate of drug-likeness (QED) is 0.233. The first kappa shape index (κ1) is 27.1. The number of imidazole rings is 2. The third-order valence-corrected chi connectivity index (χ3v) is 8.76. The predicted octanol–water partition coefficient (Wildman–Crippen LogP) is 2.83. The molecule has 2 saturated carbocycles. The molecule has 0 radical (unpaired) electrons. The molecule has 0 atom stereocenters. The Hall–Kier alpha value is -4.11. The van der Waals surface area contributed by atoms with Gasteiger partial charge in [0.25, 0.3) is 15.9 Å². The summed E-state index contributed by atoms with van der Waals surface area (Å²) in [5.74, 6) is -0.648. The van der Waals surface area contributed by atoms with E-state index in [-0.39, 0.29) is 28.6 Å². The number of hydrogen-bond acceptors (Lipinski definition) is 9. The molecule has 4 heterocycles. The highest BCUT2D eigenvalue weighted by Gasteiger charge is 2.29. The fourth-order valence-corrected chi connectivity index (χ4v) is 6.57. The van der Waals surface area contributed by atoms with Gasteiger partial charge in [-0.2, -0.15) is 0 Å². The average Bonchev–Trinajstić information content (AvgIpc) is 3.52. The summed E-state index contributed by atoms with van der Waals surface area (Å²) >= 11 is 0. The molecule has 4 aromatic rings. The van der Waals surface area contributed by atoms with Crippen molar-refractivity contribution in [3.63, 3.8) is 0 Å². The maximum absolute atomic E-state index is 14.1. The molecule has 1 amide bonds. The number of aromatic nitrogens is 6. The lowest BCUT2D eigenvalue weighted by Gasteiger charge is -2.29. The molecule has 2 aliphatic rings. The lowest BCUT2D eigenvalue weighted by atomic mass is 9.92. The minimum absolute atomic E-state index is 0.00952. The van der Waals surface area contributed by atoms with Crippen LogP contribution in [0.2, 0.25) is 0 Å². The van der Waals surface area contributed by atoms with Gasteiger partial charge in [-0.05, 0) is 51.5 Å². The first-order valence-electron chi connectivity index (χ1n) is 13.5. The predicted molar refractivity (Wildman–Crippen MR) is 150 cm³/mol. The molecule has 4 N–H and O–H groups in total. The van der Waals surface area contributed by atoms with Crippen LogP contribution in [0.4, 0.5) is 21.6 Å². The molecule has 0 unspecified atom stereocenters. The van der Waals surface area contributed by atoms with Crippen LogP contribution in [0.25, 0.3) is 5.65 Å². The minimum Gasteiger partial charge on any atom is -0.379 e. The van der Waals surface area contributed by atoms with E-state index in [0.717, 1.165) is 37.6 Å². The first-order valence-corrected chi connectivity index (χ1v) is 15.0. The number of carbonyl (C=O) groups is 1. The van der Waals surface area contributed by atoms with Gasteiger partial charge < -0.3 is 20.5 Å². The van der Waals surface area contributed by atoms with Gasteiger partial charge in [0.2, 0.25) is 5.16 Å². The van der Waals surface area contributed by atoms with Crippen molar-refractivity contribution >= 4 is 38.8 Å². The average molecular weight is 583 g/mol. The van der Waals surface area contributed by atoms with Gasteiger partial charge in [-0.25, -0.2) is 32.0 Å². The summed E-state index contributed by atoms with van der Waals surface area (Å²) in [4.78, 5) is 25.3. The Bertz CT molecular complexity index is 1710. The van der Waals surface area contributed by atoms with Gasteiger partial charge in [0, 0.05) is 43.6 Å². The van der Waals surface area contributed by atoms with E-state index >= 15 is 0 Å². The molecular weight excluding hydrogens is 551 g/mol. The van der Waals surface area contributed by atoms with Gasteiger partial charge in [-0.3, -0.25) is 9.78 Å². The van der Waals surface area contributed by atoms with Gasteiger partial charge in [0.1, 0.15) is 5.82 Å². The Morgan fingerprint density at radius 3 is 2.41 bits per heavy atom. The fraction of sp³-hybridized carbons (Fsp3) is 0.423. The van der Waals surface area contributed by atoms with E-state index in [9.17, 15) is 17.6 Å². The van der Waals surface area contributed by atoms with Crippen molar-refractivity contribution < 1.29 is 17.6 Å². The lowest BCUT2D eigenvalue weighted by Crippen LogP contribution is -2.40. The van der Waals surface area contributed by atoms with Crippen LogP contribution in [0.3, 0.4) is 0 Å². The Balaban J connectivity index is 1.17. The molecule has 2 aliphatic carbocycles. The zero-order valence-corrected chi connectivity index (χ0v) is 23.4. The number of hydrogen-bond donors (Lipinski definition) is 4. The second-order valence-electron chi connectivity index (χ2n) is 10.6. The Labute approximate surface area is 236 Å². The van der Waals surface area contributed by atoms with E-state index in [4.69, 9.17) is 0 Å². The SMILES string of the molecule is Cc1cn(C)c(S(=O)(=O)NC2CCC(Nc3cc(NC4CC4)c4ncc(C(=O)Nc5ccncc5F)n4n3)CC2)n1. The molecule has 4 aromatic heterocycles. The van der Waals surface area contributed by atoms with Gasteiger partial charge in [0.05, 0.1) is 29.5 Å². The van der Waals surface area contributed by atoms with Gasteiger partial charge >= 0.3 is 0 Å². The van der Waals surface area contributed by atoms with Crippen molar-refractivity contribution in [2.45, 2.75) is 68.7 Å². The van der Waals surface area contributed by atoms with E-state index < -0.39 is 21.7 Å². The van der Waals surface area contributed by atoms with Crippen LogP contribution in [-0.4, -0.2) is 61.6 Å². The number of fused-ring (bicyclic) bond motifs is 1. The Kier molecular flexibility index (Phi) is 7.07. The van der Waals surface area contributed by atoms with Crippen molar-refractivity contribution in [2.75, 3.05) is 16.0 Å². The largest absolute Gasteiger partial charge is 0.379 e. The highest BCUT2D eigenvalue weighted by molar-refractivity contribution is 7.89. The number of pyridine rings is 1. The van der Waals surface area contributed by atoms with Crippen molar-refractivity contribution in [1.29, 1.82) is 0 Å². The summed E-state index contributed by atoms with van der Waals surface area (Å²) in [7, 11) is -2.06. The highest BCUT2D eigenvalue weighted by atomic mass is 32.2. The number of carbonyl (C=O) groups excluding carboxylic acids is 1. The van der Waals surface area contributed by atoms with Crippen LogP contribution in [0.1, 0.15) is 54.7 Å². The smallest absolute Gasteiger partial charge is 0.276 e. The lowest BCUT2D eigenvalue weighted by molar-refractivity contribution is 0.102. The molecule has 6 rings (SSSR count). The number of nitrogens with one attached hydrogen (secondary N) is 4. The zero-order valence-electron chi connectivity index (χ0n) is 22.6. The number of halogens is 1. The summed E-state index contributed by atoms with van der Waals surface area (Å²) in [6, 6.07) is 3.44. The number of sulfonamides is 1. The monoisotopic (exact) mass is 582 g/mol. The maximum atomic E-state index is 14.1. The van der Waals surface area contributed by atoms with Crippen LogP contribution < -0.4 is 20.7 Å². The molecule has 0 saturated heterocycles. The Morgan fingerprint density at radius 2 is 1.73 bits per heavy atom. The molecule has 15 heteroatoms. The van der Waals surface area contributed by atoms with Crippen molar-refractivity contribution in [1.82, 2.24) is 33.9 Å². The zero-order chi connectivity index (χ0) is 28.7. The van der Waals surface area contributed by atoms with E-state index in [1.54, 1.807) is 20.2 Å². The van der Waals surface area contributed by atoms with Crippen LogP contribution in [0, 0.1) is 12.7 Å². The normalized spacial score (nSPS) is 19.3. The van der Waals surface area contributed by atoms with Crippen LogP contribution in [0.5, 0.6) is 0 Å². The third kappa shape index (κ3) is 5.86. The van der Waals surface area contributed by atoms with Crippen molar-refractivity contribution in [3.8, 4) is 0 Å². The van der Waals surface area contributed by atoms with Crippen LogP contribution >= 0.6 is 0 Å². The second-order valence-corrected chi connectivity index (χ2v) is 12.2. The molecule has 13 nitrogen and oxygen atoms in total. The molecular formula is C26H31FN10O3S. The fourth-order valence-electron chi connectivity index (χ4n) is 5.09. The maximum Gasteiger partial charge on any atom is 0.276 e. The molecule has 41 heavy (non-hydrogen) atoms. The summed E-state index contributed by atoms with van der Waals surface area (Å²) in [5, 5.41) is 14.1. The molecule has 0 aliphatic heterocycles. The molecule has 0 aromatic carbocycles. The molecule has 2 fully saturated rings. The Morgan fingerprint density at radius 1 is 1.02 bits per heavy atom. The molecule has 0 spiro atoms. The molecule has 0 bridgehead atoms. The highest BCUT2D eigenvalue weighted by Crippen LogP contribution is 2.30. The molecule has 216 valence electrons. The van der Waals surface area contributed by atoms with E-state index in [1.807, 2.05) is 6.07 Å². The van der Waals surface area contributed by atoms with Crippen molar-refractivity contribution in [3.05, 3.63) is 54.1 Å². The van der Waals surface area contributed by atoms with E-state index in [2.05, 4.69) is 40.7 Å². The van der Waals surface area contributed by atoms with Crippen molar-refractivity contribution in [2.24, 2.45) is 7.05 Å². The van der Waals surface area contributed by atoms with Gasteiger partial charge in [-0.1, -0.05) is 0 Å². The summed E-state index contributed by atoms with van der Waals surface area (Å²) in [6.45, 7) is 1.76. The second kappa shape index (κ2) is 10.7. The third-order valence-electron chi connectivity index (χ3n) is 7.25. The number of amides is 1. The van der Waals surface area contributed by atoms with E-state index in [1.165, 1.54) is 27.5 Å². The van der Waals surface area contributed by atoms with E-state index in [0.29, 0.717) is 36.0 Å². The summed E-state index contributed by atoms with van der Waals surface area (Å²) in [6.07, 6.45) is 10.3. The number of anilines is 3.